The molecular formula is C15H19N3O3. The Kier molecular flexibility index (Phi) is 3.65. The molecule has 0 bridgehead atoms. The van der Waals surface area contributed by atoms with Crippen LogP contribution in [0.4, 0.5) is 0 Å². The predicted molar refractivity (Wildman–Crippen MR) is 77.2 cm³/mol. The van der Waals surface area contributed by atoms with Gasteiger partial charge in [-0.2, -0.15) is 0 Å². The average molecular weight is 289 g/mol. The molecule has 1 aliphatic rings. The molecule has 2 aromatic heterocycles. The van der Waals surface area contributed by atoms with E-state index in [4.69, 9.17) is 4.74 Å². The lowest BCUT2D eigenvalue weighted by Gasteiger charge is -2.19. The summed E-state index contributed by atoms with van der Waals surface area (Å²) in [4.78, 5) is 16.6. The van der Waals surface area contributed by atoms with E-state index in [0.29, 0.717) is 12.1 Å². The van der Waals surface area contributed by atoms with Crippen molar-refractivity contribution >= 4 is 11.6 Å². The number of carbonyl (C=O) groups is 1. The van der Waals surface area contributed by atoms with Gasteiger partial charge in [0, 0.05) is 19.5 Å². The third kappa shape index (κ3) is 2.64. The van der Waals surface area contributed by atoms with E-state index >= 15 is 0 Å². The minimum atomic E-state index is -0.668. The molecule has 0 spiro atoms. The van der Waals surface area contributed by atoms with Crippen molar-refractivity contribution in [2.24, 2.45) is 0 Å². The number of hydrogen-bond acceptors (Lipinski definition) is 4. The highest BCUT2D eigenvalue weighted by molar-refractivity contribution is 5.93. The first-order valence-corrected chi connectivity index (χ1v) is 7.05. The van der Waals surface area contributed by atoms with Gasteiger partial charge < -0.3 is 19.6 Å². The van der Waals surface area contributed by atoms with Crippen LogP contribution in [0.2, 0.25) is 0 Å². The molecule has 21 heavy (non-hydrogen) atoms. The Morgan fingerprint density at radius 2 is 2.24 bits per heavy atom. The summed E-state index contributed by atoms with van der Waals surface area (Å²) in [6.07, 6.45) is 4.19. The summed E-state index contributed by atoms with van der Waals surface area (Å²) in [6, 6.07) is 3.54. The molecule has 6 heteroatoms. The number of nitrogens with zero attached hydrogens (tertiary/aromatic N) is 2. The molecule has 6 nitrogen and oxygen atoms in total. The molecule has 1 amide bonds. The third-order valence-corrected chi connectivity index (χ3v) is 4.01. The fourth-order valence-corrected chi connectivity index (χ4v) is 2.81. The van der Waals surface area contributed by atoms with E-state index in [2.05, 4.69) is 10.3 Å². The first-order valence-electron chi connectivity index (χ1n) is 7.05. The molecule has 0 unspecified atom stereocenters. The molecule has 112 valence electrons. The highest BCUT2D eigenvalue weighted by Crippen LogP contribution is 2.22. The van der Waals surface area contributed by atoms with Crippen molar-refractivity contribution in [3.05, 3.63) is 35.8 Å². The van der Waals surface area contributed by atoms with E-state index in [-0.39, 0.29) is 18.1 Å². The Labute approximate surface area is 122 Å². The fraction of sp³-hybridized carbons (Fsp3) is 0.467. The summed E-state index contributed by atoms with van der Waals surface area (Å²) in [5.41, 5.74) is 2.18. The molecule has 2 aromatic rings. The Morgan fingerprint density at radius 3 is 2.95 bits per heavy atom. The monoisotopic (exact) mass is 289 g/mol. The standard InChI is InChI=1S/C15H19N3O3/c1-9-3-6-13-16-11(8-18(13)7-9)15(20)17-10-4-5-12(21-2)14(10)19/h3,6-8,10,12,14,19H,4-5H2,1-2H3,(H,17,20)/t10-,12-,14-/m1/s1. The van der Waals surface area contributed by atoms with Gasteiger partial charge in [-0.3, -0.25) is 4.79 Å². The van der Waals surface area contributed by atoms with Gasteiger partial charge in [0.05, 0.1) is 12.1 Å². The number of amides is 1. The fourth-order valence-electron chi connectivity index (χ4n) is 2.81. The largest absolute Gasteiger partial charge is 0.388 e. The van der Waals surface area contributed by atoms with Crippen LogP contribution in [0.5, 0.6) is 0 Å². The molecular weight excluding hydrogens is 270 g/mol. The summed E-state index contributed by atoms with van der Waals surface area (Å²) in [5.74, 6) is -0.267. The minimum absolute atomic E-state index is 0.209. The normalized spacial score (nSPS) is 25.4. The number of hydrogen-bond donors (Lipinski definition) is 2. The summed E-state index contributed by atoms with van der Waals surface area (Å²) in [5, 5.41) is 12.9. The molecule has 2 heterocycles. The maximum atomic E-state index is 12.3. The van der Waals surface area contributed by atoms with Crippen LogP contribution in [0.25, 0.3) is 5.65 Å². The molecule has 0 aromatic carbocycles. The first-order chi connectivity index (χ1) is 10.1. The lowest BCUT2D eigenvalue weighted by Crippen LogP contribution is -2.43. The van der Waals surface area contributed by atoms with Crippen LogP contribution < -0.4 is 5.32 Å². The quantitative estimate of drug-likeness (QED) is 0.880. The number of rotatable bonds is 3. The topological polar surface area (TPSA) is 75.9 Å². The summed E-state index contributed by atoms with van der Waals surface area (Å²) < 4.78 is 7.01. The summed E-state index contributed by atoms with van der Waals surface area (Å²) in [6.45, 7) is 1.99. The van der Waals surface area contributed by atoms with Crippen LogP contribution in [0.1, 0.15) is 28.9 Å². The van der Waals surface area contributed by atoms with Gasteiger partial charge in [0.15, 0.2) is 0 Å². The highest BCUT2D eigenvalue weighted by Gasteiger charge is 2.36. The van der Waals surface area contributed by atoms with Crippen LogP contribution >= 0.6 is 0 Å². The van der Waals surface area contributed by atoms with Crippen molar-refractivity contribution in [3.8, 4) is 0 Å². The van der Waals surface area contributed by atoms with Crippen LogP contribution in [0.15, 0.2) is 24.5 Å². The molecule has 1 fully saturated rings. The van der Waals surface area contributed by atoms with Gasteiger partial charge in [-0.15, -0.1) is 0 Å². The molecule has 3 rings (SSSR count). The second-order valence-electron chi connectivity index (χ2n) is 5.52. The number of nitrogens with one attached hydrogen (secondary N) is 1. The van der Waals surface area contributed by atoms with E-state index < -0.39 is 6.10 Å². The zero-order chi connectivity index (χ0) is 15.0. The third-order valence-electron chi connectivity index (χ3n) is 4.01. The highest BCUT2D eigenvalue weighted by atomic mass is 16.5. The van der Waals surface area contributed by atoms with Gasteiger partial charge in [0.25, 0.3) is 5.91 Å². The van der Waals surface area contributed by atoms with Crippen molar-refractivity contribution in [2.75, 3.05) is 7.11 Å². The molecule has 1 saturated carbocycles. The van der Waals surface area contributed by atoms with Crippen molar-refractivity contribution in [1.29, 1.82) is 0 Å². The second-order valence-corrected chi connectivity index (χ2v) is 5.52. The van der Waals surface area contributed by atoms with E-state index in [9.17, 15) is 9.90 Å². The van der Waals surface area contributed by atoms with Gasteiger partial charge >= 0.3 is 0 Å². The lowest BCUT2D eigenvalue weighted by molar-refractivity contribution is 0.000185. The molecule has 1 aliphatic carbocycles. The van der Waals surface area contributed by atoms with Crippen LogP contribution in [-0.2, 0) is 4.74 Å². The molecule has 0 radical (unpaired) electrons. The van der Waals surface area contributed by atoms with Crippen LogP contribution in [0, 0.1) is 6.92 Å². The van der Waals surface area contributed by atoms with Gasteiger partial charge in [0.2, 0.25) is 0 Å². The van der Waals surface area contributed by atoms with Crippen molar-refractivity contribution in [2.45, 2.75) is 38.0 Å². The van der Waals surface area contributed by atoms with E-state index in [1.807, 2.05) is 29.7 Å². The second kappa shape index (κ2) is 5.46. The average Bonchev–Trinajstić information content (AvgIpc) is 3.03. The Balaban J connectivity index is 1.75. The number of ether oxygens (including phenoxy) is 1. The number of imidazole rings is 1. The smallest absolute Gasteiger partial charge is 0.271 e. The molecule has 2 N–H and O–H groups in total. The minimum Gasteiger partial charge on any atom is -0.388 e. The van der Waals surface area contributed by atoms with Crippen molar-refractivity contribution in [1.82, 2.24) is 14.7 Å². The van der Waals surface area contributed by atoms with Crippen LogP contribution in [-0.4, -0.2) is 45.8 Å². The van der Waals surface area contributed by atoms with Gasteiger partial charge in [-0.05, 0) is 31.4 Å². The number of aromatic nitrogens is 2. The maximum Gasteiger partial charge on any atom is 0.271 e. The van der Waals surface area contributed by atoms with E-state index in [0.717, 1.165) is 17.6 Å². The molecule has 0 aliphatic heterocycles. The Morgan fingerprint density at radius 1 is 1.43 bits per heavy atom. The van der Waals surface area contributed by atoms with E-state index in [1.54, 1.807) is 13.3 Å². The van der Waals surface area contributed by atoms with Crippen molar-refractivity contribution in [3.63, 3.8) is 0 Å². The molecule has 0 saturated heterocycles. The van der Waals surface area contributed by atoms with Gasteiger partial charge in [-0.1, -0.05) is 6.07 Å². The molecule has 3 atom stereocenters. The lowest BCUT2D eigenvalue weighted by atomic mass is 10.2. The van der Waals surface area contributed by atoms with E-state index in [1.165, 1.54) is 0 Å². The predicted octanol–water partition coefficient (Wildman–Crippen LogP) is 0.911. The number of pyridine rings is 1. The maximum absolute atomic E-state index is 12.3. The zero-order valence-corrected chi connectivity index (χ0v) is 12.1. The van der Waals surface area contributed by atoms with Crippen molar-refractivity contribution < 1.29 is 14.6 Å². The first kappa shape index (κ1) is 14.0. The Hall–Kier alpha value is -1.92. The number of aliphatic hydroxyl groups excluding tert-OH is 1. The number of aryl methyl sites for hydroxylation is 1. The zero-order valence-electron chi connectivity index (χ0n) is 12.1. The number of fused-ring (bicyclic) bond motifs is 1. The number of aliphatic hydroxyl groups is 1. The van der Waals surface area contributed by atoms with Gasteiger partial charge in [0.1, 0.15) is 17.4 Å². The summed E-state index contributed by atoms with van der Waals surface area (Å²) >= 11 is 0. The van der Waals surface area contributed by atoms with Crippen LogP contribution in [0.3, 0.4) is 0 Å². The number of carbonyl (C=O) groups excluding carboxylic acids is 1. The SMILES string of the molecule is CO[C@@H]1CC[C@@H](NC(=O)c2cn3cc(C)ccc3n2)[C@H]1O. The Bertz CT molecular complexity index is 667. The van der Waals surface area contributed by atoms with Gasteiger partial charge in [-0.25, -0.2) is 4.98 Å². The summed E-state index contributed by atoms with van der Waals surface area (Å²) in [7, 11) is 1.57. The number of methoxy groups -OCH3 is 1.